The van der Waals surface area contributed by atoms with Gasteiger partial charge in [0.15, 0.2) is 11.3 Å². The van der Waals surface area contributed by atoms with Crippen molar-refractivity contribution in [1.82, 2.24) is 10.6 Å². The minimum absolute atomic E-state index is 0.0585. The number of thiocarbonyl (C=S) groups is 1. The molecule has 0 aliphatic heterocycles. The fourth-order valence-electron chi connectivity index (χ4n) is 2.28. The van der Waals surface area contributed by atoms with E-state index in [1.54, 1.807) is 18.2 Å². The molecule has 1 unspecified atom stereocenters. The summed E-state index contributed by atoms with van der Waals surface area (Å²) in [6.45, 7) is 0.0585. The zero-order valence-electron chi connectivity index (χ0n) is 16.1. The van der Waals surface area contributed by atoms with Crippen LogP contribution < -0.4 is 25.4 Å². The van der Waals surface area contributed by atoms with Crippen molar-refractivity contribution in [2.75, 3.05) is 19.5 Å². The summed E-state index contributed by atoms with van der Waals surface area (Å²) in [5, 5.41) is 8.17. The second-order valence-corrected chi connectivity index (χ2v) is 8.62. The smallest absolute Gasteiger partial charge is 0.409 e. The van der Waals surface area contributed by atoms with Crippen LogP contribution in [0.15, 0.2) is 48.5 Å². The number of nitrogens with one attached hydrogen (secondary N) is 3. The molecule has 30 heavy (non-hydrogen) atoms. The highest BCUT2D eigenvalue weighted by atomic mass is 35.6. The molecule has 3 N–H and O–H groups in total. The van der Waals surface area contributed by atoms with E-state index in [0.29, 0.717) is 17.2 Å². The van der Waals surface area contributed by atoms with Gasteiger partial charge in [0.25, 0.3) is 0 Å². The number of benzene rings is 2. The quantitative estimate of drug-likeness (QED) is 0.296. The van der Waals surface area contributed by atoms with E-state index >= 15 is 0 Å². The lowest BCUT2D eigenvalue weighted by atomic mass is 10.2. The Balaban J connectivity index is 2.00. The van der Waals surface area contributed by atoms with Gasteiger partial charge in [-0.3, -0.25) is 5.32 Å². The number of anilines is 1. The Morgan fingerprint density at radius 2 is 1.77 bits per heavy atom. The van der Waals surface area contributed by atoms with Crippen LogP contribution in [0, 0.1) is 0 Å². The summed E-state index contributed by atoms with van der Waals surface area (Å²) in [6.07, 6.45) is -1.97. The highest BCUT2D eigenvalue weighted by Crippen LogP contribution is 2.31. The van der Waals surface area contributed by atoms with E-state index in [4.69, 9.17) is 61.2 Å². The van der Waals surface area contributed by atoms with Crippen LogP contribution in [0.4, 0.5) is 10.5 Å². The van der Waals surface area contributed by atoms with Crippen molar-refractivity contribution < 1.29 is 19.0 Å². The minimum atomic E-state index is -1.92. The average molecular weight is 493 g/mol. The summed E-state index contributed by atoms with van der Waals surface area (Å²) in [4.78, 5) is 12.1. The van der Waals surface area contributed by atoms with Crippen LogP contribution in [-0.2, 0) is 11.3 Å². The Hall–Kier alpha value is -2.13. The van der Waals surface area contributed by atoms with Gasteiger partial charge in [-0.15, -0.1) is 0 Å². The molecule has 1 amide bonds. The molecule has 0 radical (unpaired) electrons. The Morgan fingerprint density at radius 1 is 1.07 bits per heavy atom. The van der Waals surface area contributed by atoms with Gasteiger partial charge in [-0.1, -0.05) is 65.1 Å². The fourth-order valence-corrected chi connectivity index (χ4v) is 2.84. The lowest BCUT2D eigenvalue weighted by Crippen LogP contribution is -2.56. The van der Waals surface area contributed by atoms with Gasteiger partial charge in [0, 0.05) is 6.07 Å². The third kappa shape index (κ3) is 7.60. The van der Waals surface area contributed by atoms with Crippen LogP contribution in [-0.4, -0.2) is 35.4 Å². The van der Waals surface area contributed by atoms with E-state index in [2.05, 4.69) is 16.0 Å². The van der Waals surface area contributed by atoms with Crippen molar-refractivity contribution in [3.63, 3.8) is 0 Å². The monoisotopic (exact) mass is 491 g/mol. The van der Waals surface area contributed by atoms with E-state index in [9.17, 15) is 4.79 Å². The standard InChI is InChI=1S/C19H20Cl3N3O4S/c1-27-13-8-9-15(28-2)14(10-13)23-17(30)24-16(19(20,21)22)25-18(26)29-11-12-6-4-3-5-7-12/h3-10,16H,11H2,1-2H3,(H,25,26)(H2,23,24,30). The van der Waals surface area contributed by atoms with Crippen LogP contribution in [0.25, 0.3) is 0 Å². The zero-order valence-corrected chi connectivity index (χ0v) is 19.2. The maximum absolute atomic E-state index is 12.1. The Kier molecular flexibility index (Phi) is 9.10. The highest BCUT2D eigenvalue weighted by Gasteiger charge is 2.35. The van der Waals surface area contributed by atoms with Gasteiger partial charge in [0.2, 0.25) is 3.79 Å². The number of halogens is 3. The number of methoxy groups -OCH3 is 2. The second kappa shape index (κ2) is 11.3. The molecule has 0 bridgehead atoms. The Bertz CT molecular complexity index is 866. The van der Waals surface area contributed by atoms with Crippen LogP contribution >= 0.6 is 47.0 Å². The molecule has 2 rings (SSSR count). The molecular formula is C19H20Cl3N3O4S. The number of hydrogen-bond acceptors (Lipinski definition) is 5. The molecule has 2 aromatic carbocycles. The number of alkyl carbamates (subject to hydrolysis) is 1. The van der Waals surface area contributed by atoms with Crippen LogP contribution in [0.2, 0.25) is 0 Å². The number of carbonyl (C=O) groups is 1. The first-order valence-corrected chi connectivity index (χ1v) is 10.1. The molecule has 11 heteroatoms. The largest absolute Gasteiger partial charge is 0.497 e. The molecule has 162 valence electrons. The van der Waals surface area contributed by atoms with Crippen LogP contribution in [0.5, 0.6) is 11.5 Å². The SMILES string of the molecule is COc1ccc(OC)c(NC(=S)NC(NC(=O)OCc2ccccc2)C(Cl)(Cl)Cl)c1. The first-order valence-electron chi connectivity index (χ1n) is 8.56. The molecule has 0 saturated carbocycles. The van der Waals surface area contributed by atoms with Crippen molar-refractivity contribution >= 4 is 63.9 Å². The summed E-state index contributed by atoms with van der Waals surface area (Å²) < 4.78 is 13.7. The van der Waals surface area contributed by atoms with E-state index in [-0.39, 0.29) is 11.7 Å². The van der Waals surface area contributed by atoms with Gasteiger partial charge >= 0.3 is 6.09 Å². The molecule has 7 nitrogen and oxygen atoms in total. The predicted octanol–water partition coefficient (Wildman–Crippen LogP) is 4.61. The maximum atomic E-state index is 12.1. The molecule has 1 atom stereocenters. The molecule has 0 fully saturated rings. The van der Waals surface area contributed by atoms with Gasteiger partial charge in [-0.25, -0.2) is 4.79 Å². The van der Waals surface area contributed by atoms with Gasteiger partial charge in [0.1, 0.15) is 18.1 Å². The van der Waals surface area contributed by atoms with Gasteiger partial charge < -0.3 is 24.8 Å². The van der Waals surface area contributed by atoms with Crippen molar-refractivity contribution in [1.29, 1.82) is 0 Å². The number of carbonyl (C=O) groups excluding carboxylic acids is 1. The highest BCUT2D eigenvalue weighted by molar-refractivity contribution is 7.80. The summed E-state index contributed by atoms with van der Waals surface area (Å²) >= 11 is 23.2. The van der Waals surface area contributed by atoms with Gasteiger partial charge in [0.05, 0.1) is 19.9 Å². The average Bonchev–Trinajstić information content (AvgIpc) is 2.71. The molecular weight excluding hydrogens is 473 g/mol. The summed E-state index contributed by atoms with van der Waals surface area (Å²) in [7, 11) is 3.05. The lowest BCUT2D eigenvalue weighted by molar-refractivity contribution is 0.135. The third-order valence-corrected chi connectivity index (χ3v) is 4.61. The molecule has 0 saturated heterocycles. The van der Waals surface area contributed by atoms with E-state index in [1.165, 1.54) is 14.2 Å². The van der Waals surface area contributed by atoms with Gasteiger partial charge in [-0.2, -0.15) is 0 Å². The van der Waals surface area contributed by atoms with Crippen LogP contribution in [0.1, 0.15) is 5.56 Å². The molecule has 0 aromatic heterocycles. The zero-order chi connectivity index (χ0) is 22.1. The first-order chi connectivity index (χ1) is 14.2. The number of ether oxygens (including phenoxy) is 3. The molecule has 0 spiro atoms. The second-order valence-electron chi connectivity index (χ2n) is 5.85. The van der Waals surface area contributed by atoms with Crippen molar-refractivity contribution in [2.45, 2.75) is 16.6 Å². The minimum Gasteiger partial charge on any atom is -0.497 e. The van der Waals surface area contributed by atoms with E-state index in [1.807, 2.05) is 30.3 Å². The Labute approximate surface area is 194 Å². The van der Waals surface area contributed by atoms with Crippen molar-refractivity contribution in [2.24, 2.45) is 0 Å². The van der Waals surface area contributed by atoms with Crippen molar-refractivity contribution in [3.05, 3.63) is 54.1 Å². The Morgan fingerprint density at radius 3 is 2.37 bits per heavy atom. The number of hydrogen-bond donors (Lipinski definition) is 3. The molecule has 0 heterocycles. The normalized spacial score (nSPS) is 11.8. The van der Waals surface area contributed by atoms with E-state index < -0.39 is 16.1 Å². The molecule has 0 aliphatic carbocycles. The summed E-state index contributed by atoms with van der Waals surface area (Å²) in [6, 6.07) is 14.3. The predicted molar refractivity (Wildman–Crippen MR) is 123 cm³/mol. The lowest BCUT2D eigenvalue weighted by Gasteiger charge is -2.27. The topological polar surface area (TPSA) is 80.9 Å². The first kappa shape index (κ1) is 24.1. The number of alkyl halides is 3. The molecule has 0 aliphatic rings. The summed E-state index contributed by atoms with van der Waals surface area (Å²) in [5.41, 5.74) is 1.33. The van der Waals surface area contributed by atoms with Crippen LogP contribution in [0.3, 0.4) is 0 Å². The summed E-state index contributed by atoms with van der Waals surface area (Å²) in [5.74, 6) is 1.10. The van der Waals surface area contributed by atoms with Gasteiger partial charge in [-0.05, 0) is 29.9 Å². The molecule has 2 aromatic rings. The number of amides is 1. The fraction of sp³-hybridized carbons (Fsp3) is 0.263. The third-order valence-electron chi connectivity index (χ3n) is 3.73. The van der Waals surface area contributed by atoms with E-state index in [0.717, 1.165) is 5.56 Å². The van der Waals surface area contributed by atoms with Crippen molar-refractivity contribution in [3.8, 4) is 11.5 Å². The number of rotatable bonds is 7. The maximum Gasteiger partial charge on any atom is 0.409 e.